The number of ether oxygens (including phenoxy) is 2. The molecule has 1 aromatic rings. The molecule has 1 aromatic carbocycles. The summed E-state index contributed by atoms with van der Waals surface area (Å²) < 4.78 is 12.2. The summed E-state index contributed by atoms with van der Waals surface area (Å²) in [4.78, 5) is 12.2. The fourth-order valence-electron chi connectivity index (χ4n) is 4.81. The summed E-state index contributed by atoms with van der Waals surface area (Å²) in [6.07, 6.45) is 7.67. The third-order valence-corrected chi connectivity index (χ3v) is 6.13. The van der Waals surface area contributed by atoms with Crippen LogP contribution in [-0.4, -0.2) is 49.8 Å². The first-order valence-corrected chi connectivity index (χ1v) is 9.86. The van der Waals surface area contributed by atoms with Gasteiger partial charge in [-0.25, -0.2) is 4.79 Å². The number of hydrogen-bond donors (Lipinski definition) is 0. The summed E-state index contributed by atoms with van der Waals surface area (Å²) in [5, 5.41) is 0. The molecule has 3 atom stereocenters. The van der Waals surface area contributed by atoms with Crippen LogP contribution in [0.4, 0.5) is 0 Å². The topological polar surface area (TPSA) is 35.5 Å². The monoisotopic (exact) mass is 346 g/mol. The quantitative estimate of drug-likeness (QED) is 0.576. The molecule has 25 heavy (non-hydrogen) atoms. The Labute approximate surface area is 151 Å². The summed E-state index contributed by atoms with van der Waals surface area (Å²) in [7, 11) is 2.43. The Kier molecular flexibility index (Phi) is 6.00. The second kappa shape index (κ2) is 8.22. The van der Waals surface area contributed by atoms with E-state index in [1.807, 2.05) is 19.1 Å². The Balaban J connectivity index is 1.49. The Morgan fingerprint density at radius 2 is 1.88 bits per heavy atom. The van der Waals surface area contributed by atoms with Crippen molar-refractivity contribution >= 4 is 5.97 Å². The van der Waals surface area contributed by atoms with Gasteiger partial charge in [0.1, 0.15) is 5.75 Å². The number of nitrogens with zero attached hydrogens (tertiary/aromatic N) is 1. The van der Waals surface area contributed by atoms with E-state index in [-0.39, 0.29) is 5.97 Å². The smallest absolute Gasteiger partial charge is 0.338 e. The minimum absolute atomic E-state index is 0.222. The zero-order chi connectivity index (χ0) is 17.7. The molecule has 4 heteroatoms. The normalized spacial score (nSPS) is 28.9. The summed E-state index contributed by atoms with van der Waals surface area (Å²) in [6.45, 7) is 5.76. The minimum atomic E-state index is -0.222. The van der Waals surface area contributed by atoms with E-state index < -0.39 is 0 Å². The van der Waals surface area contributed by atoms with Crippen molar-refractivity contribution in [2.45, 2.75) is 51.5 Å². The van der Waals surface area contributed by atoms with Gasteiger partial charge in [-0.15, -0.1) is 0 Å². The lowest BCUT2D eigenvalue weighted by Gasteiger charge is -2.51. The number of rotatable bonds is 6. The molecule has 138 valence electrons. The van der Waals surface area contributed by atoms with Gasteiger partial charge in [0, 0.05) is 5.92 Å². The number of fused-ring (bicyclic) bond motifs is 1. The molecule has 0 radical (unpaired) electrons. The molecule has 2 fully saturated rings. The predicted molar refractivity (Wildman–Crippen MR) is 98.8 cm³/mol. The molecule has 0 spiro atoms. The minimum Gasteiger partial charge on any atom is -0.494 e. The standard InChI is InChI=1S/C21H32NO3/c1-3-24-19-11-9-18(10-12-19)21(23)25-16-13-17-7-6-15-22(2)14-5-4-8-20(17)22/h9-12,17,20H,3-8,13-16H2,1-2H3/q+1/t17-,20+,22+/m0/s1. The first kappa shape index (κ1) is 18.2. The van der Waals surface area contributed by atoms with Crippen LogP contribution in [0.15, 0.2) is 24.3 Å². The van der Waals surface area contributed by atoms with Gasteiger partial charge in [0.25, 0.3) is 0 Å². The third kappa shape index (κ3) is 4.35. The van der Waals surface area contributed by atoms with Crippen LogP contribution in [0.25, 0.3) is 0 Å². The number of esters is 1. The van der Waals surface area contributed by atoms with Gasteiger partial charge >= 0.3 is 5.97 Å². The molecule has 0 aliphatic carbocycles. The van der Waals surface area contributed by atoms with Gasteiger partial charge in [-0.1, -0.05) is 0 Å². The molecule has 2 aliphatic heterocycles. The van der Waals surface area contributed by atoms with Crippen molar-refractivity contribution in [2.24, 2.45) is 5.92 Å². The number of hydrogen-bond acceptors (Lipinski definition) is 3. The second-order valence-corrected chi connectivity index (χ2v) is 7.77. The third-order valence-electron chi connectivity index (χ3n) is 6.13. The van der Waals surface area contributed by atoms with E-state index in [4.69, 9.17) is 9.47 Å². The van der Waals surface area contributed by atoms with E-state index in [2.05, 4.69) is 7.05 Å². The molecular formula is C21H32NO3+. The molecule has 0 saturated carbocycles. The van der Waals surface area contributed by atoms with Crippen LogP contribution in [0.1, 0.15) is 55.8 Å². The van der Waals surface area contributed by atoms with E-state index in [1.165, 1.54) is 49.7 Å². The Morgan fingerprint density at radius 3 is 2.64 bits per heavy atom. The van der Waals surface area contributed by atoms with E-state index in [1.54, 1.807) is 12.1 Å². The van der Waals surface area contributed by atoms with Crippen LogP contribution in [0.3, 0.4) is 0 Å². The summed E-state index contributed by atoms with van der Waals surface area (Å²) >= 11 is 0. The Bertz CT molecular complexity index is 567. The van der Waals surface area contributed by atoms with E-state index >= 15 is 0 Å². The summed E-state index contributed by atoms with van der Waals surface area (Å²) in [5.74, 6) is 1.27. The van der Waals surface area contributed by atoms with Gasteiger partial charge in [0.15, 0.2) is 0 Å². The molecule has 2 heterocycles. The number of carbonyl (C=O) groups excluding carboxylic acids is 1. The first-order chi connectivity index (χ1) is 12.1. The van der Waals surface area contributed by atoms with Gasteiger partial charge in [-0.3, -0.25) is 0 Å². The largest absolute Gasteiger partial charge is 0.494 e. The van der Waals surface area contributed by atoms with Gasteiger partial charge in [-0.05, 0) is 69.7 Å². The Hall–Kier alpha value is -1.55. The predicted octanol–water partition coefficient (Wildman–Crippen LogP) is 4.04. The van der Waals surface area contributed by atoms with Crippen molar-refractivity contribution in [1.82, 2.24) is 0 Å². The maximum Gasteiger partial charge on any atom is 0.338 e. The van der Waals surface area contributed by atoms with Crippen molar-refractivity contribution in [3.05, 3.63) is 29.8 Å². The molecule has 0 N–H and O–H groups in total. The maximum atomic E-state index is 12.2. The molecule has 2 aliphatic rings. The average Bonchev–Trinajstić information content (AvgIpc) is 2.62. The molecule has 0 unspecified atom stereocenters. The molecule has 0 amide bonds. The zero-order valence-electron chi connectivity index (χ0n) is 15.7. The fourth-order valence-corrected chi connectivity index (χ4v) is 4.81. The number of benzene rings is 1. The van der Waals surface area contributed by atoms with Crippen molar-refractivity contribution in [3.63, 3.8) is 0 Å². The molecule has 0 bridgehead atoms. The van der Waals surface area contributed by atoms with Gasteiger partial charge in [0.2, 0.25) is 0 Å². The maximum absolute atomic E-state index is 12.2. The zero-order valence-corrected chi connectivity index (χ0v) is 15.7. The van der Waals surface area contributed by atoms with Crippen LogP contribution >= 0.6 is 0 Å². The van der Waals surface area contributed by atoms with Crippen LogP contribution < -0.4 is 4.74 Å². The number of carbonyl (C=O) groups is 1. The van der Waals surface area contributed by atoms with E-state index in [9.17, 15) is 4.79 Å². The lowest BCUT2D eigenvalue weighted by molar-refractivity contribution is -0.947. The van der Waals surface area contributed by atoms with Crippen LogP contribution in [0, 0.1) is 5.92 Å². The van der Waals surface area contributed by atoms with Crippen LogP contribution in [-0.2, 0) is 4.74 Å². The van der Waals surface area contributed by atoms with Crippen LogP contribution in [0.2, 0.25) is 0 Å². The highest BCUT2D eigenvalue weighted by Crippen LogP contribution is 2.37. The summed E-state index contributed by atoms with van der Waals surface area (Å²) in [6, 6.07) is 7.98. The van der Waals surface area contributed by atoms with Crippen molar-refractivity contribution in [2.75, 3.05) is 33.4 Å². The molecule has 2 saturated heterocycles. The Morgan fingerprint density at radius 1 is 1.12 bits per heavy atom. The highest BCUT2D eigenvalue weighted by Gasteiger charge is 2.43. The lowest BCUT2D eigenvalue weighted by Crippen LogP contribution is -2.60. The second-order valence-electron chi connectivity index (χ2n) is 7.77. The SMILES string of the molecule is CCOc1ccc(C(=O)OCC[C@@H]2CCC[N@@+]3(C)CCCC[C@H]23)cc1. The average molecular weight is 346 g/mol. The molecule has 4 nitrogen and oxygen atoms in total. The van der Waals surface area contributed by atoms with Crippen molar-refractivity contribution < 1.29 is 18.8 Å². The van der Waals surface area contributed by atoms with E-state index in [0.717, 1.165) is 18.2 Å². The lowest BCUT2D eigenvalue weighted by atomic mass is 9.80. The fraction of sp³-hybridized carbons (Fsp3) is 0.667. The van der Waals surface area contributed by atoms with E-state index in [0.29, 0.717) is 24.7 Å². The van der Waals surface area contributed by atoms with Crippen molar-refractivity contribution in [3.8, 4) is 5.75 Å². The number of piperidine rings is 2. The van der Waals surface area contributed by atoms with Crippen molar-refractivity contribution in [1.29, 1.82) is 0 Å². The highest BCUT2D eigenvalue weighted by molar-refractivity contribution is 5.89. The van der Waals surface area contributed by atoms with Gasteiger partial charge < -0.3 is 14.0 Å². The summed E-state index contributed by atoms with van der Waals surface area (Å²) in [5.41, 5.74) is 0.602. The highest BCUT2D eigenvalue weighted by atomic mass is 16.5. The first-order valence-electron chi connectivity index (χ1n) is 9.86. The van der Waals surface area contributed by atoms with Gasteiger partial charge in [0.05, 0.1) is 45.0 Å². The molecule has 0 aromatic heterocycles. The molecular weight excluding hydrogens is 314 g/mol. The van der Waals surface area contributed by atoms with Crippen LogP contribution in [0.5, 0.6) is 5.75 Å². The number of quaternary nitrogens is 1. The van der Waals surface area contributed by atoms with Gasteiger partial charge in [-0.2, -0.15) is 0 Å². The molecule has 3 rings (SSSR count).